The molecule has 0 saturated heterocycles. The Bertz CT molecular complexity index is 543. The van der Waals surface area contributed by atoms with Crippen molar-refractivity contribution in [1.29, 1.82) is 5.26 Å². The molecule has 0 radical (unpaired) electrons. The first-order valence-corrected chi connectivity index (χ1v) is 6.05. The minimum absolute atomic E-state index is 0.0357. The zero-order chi connectivity index (χ0) is 12.4. The number of nitrogens with zero attached hydrogens (tertiary/aromatic N) is 1. The Balaban J connectivity index is 2.47. The molecule has 0 aromatic heterocycles. The zero-order valence-corrected chi connectivity index (χ0v) is 10.9. The number of carbonyl (C=O) groups excluding carboxylic acids is 1. The van der Waals surface area contributed by atoms with E-state index in [2.05, 4.69) is 27.3 Å². The molecule has 3 nitrogen and oxygen atoms in total. The second-order valence-electron chi connectivity index (χ2n) is 4.04. The summed E-state index contributed by atoms with van der Waals surface area (Å²) in [5, 5.41) is 12.0. The highest BCUT2D eigenvalue weighted by atomic mass is 79.9. The number of hydrogen-bond acceptors (Lipinski definition) is 2. The molecule has 1 unspecified atom stereocenters. The first kappa shape index (κ1) is 11.9. The molecule has 86 valence electrons. The molecular weight excluding hydrogens is 280 g/mol. The fourth-order valence-electron chi connectivity index (χ4n) is 1.96. The summed E-state index contributed by atoms with van der Waals surface area (Å²) < 4.78 is 0.935. The highest BCUT2D eigenvalue weighted by molar-refractivity contribution is 9.10. The van der Waals surface area contributed by atoms with Gasteiger partial charge in [-0.3, -0.25) is 4.79 Å². The van der Waals surface area contributed by atoms with Gasteiger partial charge in [-0.05, 0) is 30.2 Å². The van der Waals surface area contributed by atoms with Gasteiger partial charge in [0.05, 0.1) is 17.7 Å². The van der Waals surface area contributed by atoms with Crippen LogP contribution in [0.5, 0.6) is 0 Å². The molecule has 2 rings (SSSR count). The van der Waals surface area contributed by atoms with Gasteiger partial charge < -0.3 is 5.32 Å². The molecule has 1 atom stereocenters. The average Bonchev–Trinajstić information content (AvgIpc) is 2.28. The summed E-state index contributed by atoms with van der Waals surface area (Å²) in [6, 6.07) is 9.50. The molecule has 1 N–H and O–H groups in total. The van der Waals surface area contributed by atoms with Gasteiger partial charge in [0.25, 0.3) is 0 Å². The fourth-order valence-corrected chi connectivity index (χ4v) is 2.38. The van der Waals surface area contributed by atoms with Gasteiger partial charge in [0.15, 0.2) is 0 Å². The van der Waals surface area contributed by atoms with Crippen LogP contribution in [0.3, 0.4) is 0 Å². The Morgan fingerprint density at radius 2 is 2.29 bits per heavy atom. The van der Waals surface area contributed by atoms with E-state index in [-0.39, 0.29) is 11.9 Å². The van der Waals surface area contributed by atoms with E-state index >= 15 is 0 Å². The molecule has 0 saturated carbocycles. The average molecular weight is 291 g/mol. The van der Waals surface area contributed by atoms with Crippen molar-refractivity contribution < 1.29 is 4.79 Å². The third-order valence-electron chi connectivity index (χ3n) is 2.78. The molecule has 1 aromatic carbocycles. The number of hydrogen-bond donors (Lipinski definition) is 1. The predicted molar refractivity (Wildman–Crippen MR) is 68.0 cm³/mol. The van der Waals surface area contributed by atoms with Crippen molar-refractivity contribution in [2.75, 3.05) is 0 Å². The third kappa shape index (κ3) is 2.40. The van der Waals surface area contributed by atoms with Crippen LogP contribution in [0.25, 0.3) is 0 Å². The van der Waals surface area contributed by atoms with Crippen molar-refractivity contribution in [3.8, 4) is 6.07 Å². The normalized spacial score (nSPS) is 19.8. The van der Waals surface area contributed by atoms with Gasteiger partial charge in [-0.1, -0.05) is 28.1 Å². The quantitative estimate of drug-likeness (QED) is 0.865. The van der Waals surface area contributed by atoms with E-state index in [1.807, 2.05) is 31.2 Å². The summed E-state index contributed by atoms with van der Waals surface area (Å²) in [5.74, 6) is -0.0357. The SMILES string of the molecule is CC1=C(C#N)C(c2cccc(Br)c2)NC(=O)C1. The number of rotatable bonds is 1. The lowest BCUT2D eigenvalue weighted by atomic mass is 9.91. The van der Waals surface area contributed by atoms with Crippen LogP contribution in [0.1, 0.15) is 24.9 Å². The highest BCUT2D eigenvalue weighted by Crippen LogP contribution is 2.30. The molecular formula is C13H11BrN2O. The van der Waals surface area contributed by atoms with Crippen molar-refractivity contribution >= 4 is 21.8 Å². The number of nitrogens with one attached hydrogen (secondary N) is 1. The van der Waals surface area contributed by atoms with Crippen molar-refractivity contribution in [3.63, 3.8) is 0 Å². The molecule has 0 fully saturated rings. The molecule has 1 aromatic rings. The van der Waals surface area contributed by atoms with Crippen LogP contribution in [0.15, 0.2) is 39.9 Å². The smallest absolute Gasteiger partial charge is 0.224 e. The van der Waals surface area contributed by atoms with E-state index in [4.69, 9.17) is 0 Å². The van der Waals surface area contributed by atoms with Crippen LogP contribution in [0, 0.1) is 11.3 Å². The number of amides is 1. The molecule has 1 aliphatic rings. The number of nitriles is 1. The Labute approximate surface area is 108 Å². The molecule has 0 aliphatic carbocycles. The summed E-state index contributed by atoms with van der Waals surface area (Å²) >= 11 is 3.39. The molecule has 1 heterocycles. The number of halogens is 1. The molecule has 0 bridgehead atoms. The first-order chi connectivity index (χ1) is 8.11. The summed E-state index contributed by atoms with van der Waals surface area (Å²) in [5.41, 5.74) is 2.41. The summed E-state index contributed by atoms with van der Waals surface area (Å²) in [4.78, 5) is 11.5. The van der Waals surface area contributed by atoms with E-state index in [0.29, 0.717) is 12.0 Å². The lowest BCUT2D eigenvalue weighted by Crippen LogP contribution is -2.34. The van der Waals surface area contributed by atoms with Crippen LogP contribution in [0.4, 0.5) is 0 Å². The molecule has 1 aliphatic heterocycles. The maximum Gasteiger partial charge on any atom is 0.224 e. The summed E-state index contributed by atoms with van der Waals surface area (Å²) in [7, 11) is 0. The molecule has 0 spiro atoms. The van der Waals surface area contributed by atoms with E-state index < -0.39 is 0 Å². The van der Waals surface area contributed by atoms with E-state index in [1.54, 1.807) is 0 Å². The van der Waals surface area contributed by atoms with E-state index in [1.165, 1.54) is 0 Å². The van der Waals surface area contributed by atoms with Gasteiger partial charge in [-0.25, -0.2) is 0 Å². The third-order valence-corrected chi connectivity index (χ3v) is 3.28. The lowest BCUT2D eigenvalue weighted by molar-refractivity contribution is -0.121. The van der Waals surface area contributed by atoms with Gasteiger partial charge in [-0.2, -0.15) is 5.26 Å². The van der Waals surface area contributed by atoms with Gasteiger partial charge in [0, 0.05) is 10.9 Å². The Kier molecular flexibility index (Phi) is 3.30. The van der Waals surface area contributed by atoms with Gasteiger partial charge in [-0.15, -0.1) is 0 Å². The second kappa shape index (κ2) is 4.72. The first-order valence-electron chi connectivity index (χ1n) is 5.26. The fraction of sp³-hybridized carbons (Fsp3) is 0.231. The van der Waals surface area contributed by atoms with E-state index in [0.717, 1.165) is 15.6 Å². The lowest BCUT2D eigenvalue weighted by Gasteiger charge is -2.25. The zero-order valence-electron chi connectivity index (χ0n) is 9.33. The number of benzene rings is 1. The van der Waals surface area contributed by atoms with Crippen LogP contribution in [0.2, 0.25) is 0 Å². The maximum absolute atomic E-state index is 11.5. The summed E-state index contributed by atoms with van der Waals surface area (Å²) in [6.07, 6.45) is 0.313. The Hall–Kier alpha value is -1.60. The van der Waals surface area contributed by atoms with Gasteiger partial charge in [0.1, 0.15) is 0 Å². The van der Waals surface area contributed by atoms with Crippen LogP contribution < -0.4 is 5.32 Å². The monoisotopic (exact) mass is 290 g/mol. The van der Waals surface area contributed by atoms with Crippen LogP contribution in [-0.4, -0.2) is 5.91 Å². The van der Waals surface area contributed by atoms with Crippen molar-refractivity contribution in [1.82, 2.24) is 5.32 Å². The van der Waals surface area contributed by atoms with Gasteiger partial charge in [0.2, 0.25) is 5.91 Å². The summed E-state index contributed by atoms with van der Waals surface area (Å²) in [6.45, 7) is 1.84. The standard InChI is InChI=1S/C13H11BrN2O/c1-8-5-12(17)16-13(11(8)7-15)9-3-2-4-10(14)6-9/h2-4,6,13H,5H2,1H3,(H,16,17). The second-order valence-corrected chi connectivity index (χ2v) is 4.95. The van der Waals surface area contributed by atoms with Gasteiger partial charge >= 0.3 is 0 Å². The molecule has 1 amide bonds. The van der Waals surface area contributed by atoms with E-state index in [9.17, 15) is 10.1 Å². The Morgan fingerprint density at radius 3 is 2.94 bits per heavy atom. The Morgan fingerprint density at radius 1 is 1.53 bits per heavy atom. The van der Waals surface area contributed by atoms with Crippen molar-refractivity contribution in [3.05, 3.63) is 45.4 Å². The minimum Gasteiger partial charge on any atom is -0.344 e. The maximum atomic E-state index is 11.5. The largest absolute Gasteiger partial charge is 0.344 e. The van der Waals surface area contributed by atoms with Crippen molar-refractivity contribution in [2.45, 2.75) is 19.4 Å². The predicted octanol–water partition coefficient (Wildman–Crippen LogP) is 2.85. The highest BCUT2D eigenvalue weighted by Gasteiger charge is 2.26. The van der Waals surface area contributed by atoms with Crippen LogP contribution in [-0.2, 0) is 4.79 Å². The topological polar surface area (TPSA) is 52.9 Å². The van der Waals surface area contributed by atoms with Crippen molar-refractivity contribution in [2.24, 2.45) is 0 Å². The molecule has 4 heteroatoms. The minimum atomic E-state index is -0.321. The molecule has 17 heavy (non-hydrogen) atoms. The van der Waals surface area contributed by atoms with Crippen LogP contribution >= 0.6 is 15.9 Å². The number of carbonyl (C=O) groups is 1.